The largest absolute Gasteiger partial charge is 0.320 e. The van der Waals surface area contributed by atoms with E-state index in [0.29, 0.717) is 12.5 Å². The van der Waals surface area contributed by atoms with Crippen LogP contribution in [0.2, 0.25) is 0 Å². The van der Waals surface area contributed by atoms with Crippen LogP contribution >= 0.6 is 0 Å². The molecule has 1 saturated carbocycles. The first-order chi connectivity index (χ1) is 10.0. The number of aryl methyl sites for hydroxylation is 2. The molecule has 1 fully saturated rings. The van der Waals surface area contributed by atoms with E-state index in [0.717, 1.165) is 29.7 Å². The highest BCUT2D eigenvalue weighted by molar-refractivity contribution is 5.39. The Kier molecular flexibility index (Phi) is 3.53. The summed E-state index contributed by atoms with van der Waals surface area (Å²) in [4.78, 5) is 24.6. The highest BCUT2D eigenvalue weighted by atomic mass is 16.2. The first-order valence-corrected chi connectivity index (χ1v) is 7.45. The van der Waals surface area contributed by atoms with E-state index in [1.807, 2.05) is 32.0 Å². The van der Waals surface area contributed by atoms with Gasteiger partial charge in [0.2, 0.25) is 0 Å². The van der Waals surface area contributed by atoms with Gasteiger partial charge in [0, 0.05) is 24.6 Å². The number of aromatic nitrogens is 2. The molecule has 4 heteroatoms. The number of hydrogen-bond donors (Lipinski definition) is 0. The Balaban J connectivity index is 2.02. The average Bonchev–Trinajstić information content (AvgIpc) is 2.37. The summed E-state index contributed by atoms with van der Waals surface area (Å²) < 4.78 is 3.00. The van der Waals surface area contributed by atoms with Crippen molar-refractivity contribution in [1.29, 1.82) is 0 Å². The van der Waals surface area contributed by atoms with E-state index >= 15 is 0 Å². The van der Waals surface area contributed by atoms with Gasteiger partial charge in [-0.2, -0.15) is 0 Å². The lowest BCUT2D eigenvalue weighted by Gasteiger charge is -2.25. The molecule has 0 saturated heterocycles. The van der Waals surface area contributed by atoms with Gasteiger partial charge in [0.1, 0.15) is 0 Å². The van der Waals surface area contributed by atoms with Crippen molar-refractivity contribution in [2.24, 2.45) is 5.92 Å². The fourth-order valence-electron chi connectivity index (χ4n) is 2.90. The van der Waals surface area contributed by atoms with Gasteiger partial charge >= 0.3 is 11.1 Å². The van der Waals surface area contributed by atoms with Crippen LogP contribution < -0.4 is 11.1 Å². The zero-order valence-electron chi connectivity index (χ0n) is 12.5. The Hall–Kier alpha value is -2.10. The predicted octanol–water partition coefficient (Wildman–Crippen LogP) is 2.42. The molecule has 0 aliphatic heterocycles. The van der Waals surface area contributed by atoms with Crippen molar-refractivity contribution >= 4 is 0 Å². The number of benzene rings is 1. The van der Waals surface area contributed by atoms with Crippen molar-refractivity contribution in [3.05, 3.63) is 62.4 Å². The first-order valence-electron chi connectivity index (χ1n) is 7.45. The molecule has 1 aromatic carbocycles. The molecule has 1 heterocycles. The van der Waals surface area contributed by atoms with Crippen molar-refractivity contribution in [3.63, 3.8) is 0 Å². The van der Waals surface area contributed by atoms with Gasteiger partial charge in [-0.3, -0.25) is 14.2 Å². The predicted molar refractivity (Wildman–Crippen MR) is 83.1 cm³/mol. The molecule has 110 valence electrons. The second-order valence-electron chi connectivity index (χ2n) is 6.07. The number of nitrogens with zero attached hydrogens (tertiary/aromatic N) is 2. The molecule has 0 unspecified atom stereocenters. The molecule has 0 N–H and O–H groups in total. The molecule has 0 atom stereocenters. The third kappa shape index (κ3) is 2.71. The molecule has 0 bridgehead atoms. The quantitative estimate of drug-likeness (QED) is 0.812. The summed E-state index contributed by atoms with van der Waals surface area (Å²) in [5.41, 5.74) is 2.02. The normalized spacial score (nSPS) is 15.0. The van der Waals surface area contributed by atoms with Gasteiger partial charge in [-0.05, 0) is 55.9 Å². The molecule has 1 aliphatic rings. The number of rotatable bonds is 3. The lowest BCUT2D eigenvalue weighted by atomic mass is 9.85. The van der Waals surface area contributed by atoms with E-state index in [1.165, 1.54) is 11.0 Å². The molecular weight excluding hydrogens is 264 g/mol. The zero-order valence-corrected chi connectivity index (χ0v) is 12.5. The summed E-state index contributed by atoms with van der Waals surface area (Å²) in [5, 5.41) is 0. The van der Waals surface area contributed by atoms with Gasteiger partial charge in [-0.1, -0.05) is 12.5 Å². The fourth-order valence-corrected chi connectivity index (χ4v) is 2.90. The van der Waals surface area contributed by atoms with Crippen LogP contribution in [0.3, 0.4) is 0 Å². The van der Waals surface area contributed by atoms with Gasteiger partial charge in [0.15, 0.2) is 0 Å². The second-order valence-corrected chi connectivity index (χ2v) is 6.07. The van der Waals surface area contributed by atoms with Crippen LogP contribution in [0.5, 0.6) is 0 Å². The maximum Gasteiger partial charge on any atom is 0.320 e. The fraction of sp³-hybridized carbons (Fsp3) is 0.412. The summed E-state index contributed by atoms with van der Waals surface area (Å²) in [5.74, 6) is 0.555. The van der Waals surface area contributed by atoms with Gasteiger partial charge in [-0.25, -0.2) is 0 Å². The topological polar surface area (TPSA) is 44.0 Å². The third-order valence-corrected chi connectivity index (χ3v) is 4.22. The molecule has 0 radical (unpaired) electrons. The van der Waals surface area contributed by atoms with Gasteiger partial charge in [0.05, 0.1) is 0 Å². The summed E-state index contributed by atoms with van der Waals surface area (Å²) in [6.45, 7) is 4.64. The summed E-state index contributed by atoms with van der Waals surface area (Å²) in [7, 11) is 0. The third-order valence-electron chi connectivity index (χ3n) is 4.22. The summed E-state index contributed by atoms with van der Waals surface area (Å²) in [6, 6.07) is 5.89. The van der Waals surface area contributed by atoms with Crippen molar-refractivity contribution in [2.45, 2.75) is 39.7 Å². The SMILES string of the molecule is Cc1cc(C)cc(-n2ccn(CC3CCC3)c(=O)c2=O)c1. The first kappa shape index (κ1) is 13.9. The Labute approximate surface area is 123 Å². The molecular formula is C17H20N2O2. The molecule has 0 spiro atoms. The van der Waals surface area contributed by atoms with Crippen LogP contribution in [0, 0.1) is 19.8 Å². The second kappa shape index (κ2) is 5.35. The lowest BCUT2D eigenvalue weighted by molar-refractivity contribution is 0.272. The minimum Gasteiger partial charge on any atom is -0.309 e. The van der Waals surface area contributed by atoms with Gasteiger partial charge in [0.25, 0.3) is 0 Å². The van der Waals surface area contributed by atoms with Crippen LogP contribution in [0.25, 0.3) is 5.69 Å². The van der Waals surface area contributed by atoms with Crippen molar-refractivity contribution in [2.75, 3.05) is 0 Å². The molecule has 21 heavy (non-hydrogen) atoms. The molecule has 4 nitrogen and oxygen atoms in total. The van der Waals surface area contributed by atoms with E-state index in [1.54, 1.807) is 17.0 Å². The molecule has 2 aromatic rings. The van der Waals surface area contributed by atoms with E-state index in [-0.39, 0.29) is 0 Å². The summed E-state index contributed by atoms with van der Waals surface area (Å²) in [6.07, 6.45) is 6.99. The standard InChI is InChI=1S/C17H20N2O2/c1-12-8-13(2)10-15(9-12)19-7-6-18(16(20)17(19)21)11-14-4-3-5-14/h6-10,14H,3-5,11H2,1-2H3. The monoisotopic (exact) mass is 284 g/mol. The van der Waals surface area contributed by atoms with Crippen LogP contribution in [0.4, 0.5) is 0 Å². The Morgan fingerprint density at radius 2 is 1.67 bits per heavy atom. The minimum atomic E-state index is -0.471. The summed E-state index contributed by atoms with van der Waals surface area (Å²) >= 11 is 0. The number of hydrogen-bond acceptors (Lipinski definition) is 2. The molecule has 1 aliphatic carbocycles. The highest BCUT2D eigenvalue weighted by Gasteiger charge is 2.19. The van der Waals surface area contributed by atoms with Crippen LogP contribution in [0.1, 0.15) is 30.4 Å². The van der Waals surface area contributed by atoms with Crippen LogP contribution in [-0.2, 0) is 6.54 Å². The Morgan fingerprint density at radius 1 is 1.00 bits per heavy atom. The van der Waals surface area contributed by atoms with E-state index in [4.69, 9.17) is 0 Å². The van der Waals surface area contributed by atoms with Crippen molar-refractivity contribution < 1.29 is 0 Å². The van der Waals surface area contributed by atoms with Gasteiger partial charge < -0.3 is 4.57 Å². The lowest BCUT2D eigenvalue weighted by Crippen LogP contribution is -2.41. The average molecular weight is 284 g/mol. The van der Waals surface area contributed by atoms with E-state index in [2.05, 4.69) is 0 Å². The maximum absolute atomic E-state index is 12.3. The smallest absolute Gasteiger partial charge is 0.309 e. The highest BCUT2D eigenvalue weighted by Crippen LogP contribution is 2.27. The Bertz CT molecular complexity index is 762. The van der Waals surface area contributed by atoms with Crippen molar-refractivity contribution in [1.82, 2.24) is 9.13 Å². The maximum atomic E-state index is 12.3. The molecule has 0 amide bonds. The Morgan fingerprint density at radius 3 is 2.24 bits per heavy atom. The molecule has 3 rings (SSSR count). The minimum absolute atomic E-state index is 0.427. The van der Waals surface area contributed by atoms with Gasteiger partial charge in [-0.15, -0.1) is 0 Å². The van der Waals surface area contributed by atoms with Crippen molar-refractivity contribution in [3.8, 4) is 5.69 Å². The zero-order chi connectivity index (χ0) is 15.0. The van der Waals surface area contributed by atoms with Crippen LogP contribution in [0.15, 0.2) is 40.2 Å². The van der Waals surface area contributed by atoms with E-state index < -0.39 is 11.1 Å². The van der Waals surface area contributed by atoms with Crippen LogP contribution in [-0.4, -0.2) is 9.13 Å². The molecule has 1 aromatic heterocycles. The van der Waals surface area contributed by atoms with E-state index in [9.17, 15) is 9.59 Å².